The molecule has 0 bridgehead atoms. The van der Waals surface area contributed by atoms with Gasteiger partial charge in [-0.1, -0.05) is 6.92 Å². The Balaban J connectivity index is 2.19. The van der Waals surface area contributed by atoms with Gasteiger partial charge in [-0.25, -0.2) is 0 Å². The van der Waals surface area contributed by atoms with E-state index in [0.29, 0.717) is 36.4 Å². The summed E-state index contributed by atoms with van der Waals surface area (Å²) >= 11 is 0. The Labute approximate surface area is 146 Å². The molecule has 1 fully saturated rings. The molecule has 1 saturated heterocycles. The largest absolute Gasteiger partial charge is 0.378 e. The summed E-state index contributed by atoms with van der Waals surface area (Å²) in [5.74, 6) is 0. The molecule has 0 amide bonds. The maximum absolute atomic E-state index is 12.4. The number of rotatable bonds is 3. The average Bonchev–Trinajstić information content (AvgIpc) is 2.61. The summed E-state index contributed by atoms with van der Waals surface area (Å²) in [4.78, 5) is 17.1. The molecule has 1 aliphatic rings. The standard InChI is InChI=1S/C18H22N4O3/c1-4-12-9-13-15(11-22(12)24)20-17(23)14(10-19)16(13)21-7-5-18(2,25-3)6-8-21/h9,11H,4-8H2,1-3H3,(H-,20,23,24)/p+1. The number of aryl methyl sites for hydroxylation is 1. The Morgan fingerprint density at radius 1 is 1.48 bits per heavy atom. The van der Waals surface area contributed by atoms with Gasteiger partial charge >= 0.3 is 0 Å². The second-order valence-electron chi connectivity index (χ2n) is 6.72. The van der Waals surface area contributed by atoms with E-state index < -0.39 is 5.56 Å². The number of piperidine rings is 1. The summed E-state index contributed by atoms with van der Waals surface area (Å²) in [5.41, 5.74) is 1.38. The molecule has 0 unspecified atom stereocenters. The zero-order chi connectivity index (χ0) is 18.2. The van der Waals surface area contributed by atoms with Gasteiger partial charge < -0.3 is 14.6 Å². The molecule has 0 spiro atoms. The molecule has 2 aromatic rings. The minimum atomic E-state index is -0.436. The van der Waals surface area contributed by atoms with Crippen LogP contribution >= 0.6 is 0 Å². The van der Waals surface area contributed by atoms with E-state index in [1.54, 1.807) is 7.11 Å². The second kappa shape index (κ2) is 6.37. The van der Waals surface area contributed by atoms with Gasteiger partial charge in [-0.3, -0.25) is 10.0 Å². The highest BCUT2D eigenvalue weighted by molar-refractivity contribution is 5.93. The summed E-state index contributed by atoms with van der Waals surface area (Å²) in [5, 5.41) is 20.3. The molecule has 0 aliphatic carbocycles. The van der Waals surface area contributed by atoms with Crippen molar-refractivity contribution in [1.29, 1.82) is 5.26 Å². The van der Waals surface area contributed by atoms with Crippen molar-refractivity contribution < 1.29 is 14.7 Å². The van der Waals surface area contributed by atoms with Crippen LogP contribution in [0.15, 0.2) is 17.1 Å². The molecule has 0 radical (unpaired) electrons. The van der Waals surface area contributed by atoms with Crippen LogP contribution in [0.2, 0.25) is 0 Å². The number of aromatic amines is 1. The van der Waals surface area contributed by atoms with Gasteiger partial charge in [0.2, 0.25) is 11.9 Å². The fourth-order valence-electron chi connectivity index (χ4n) is 3.41. The van der Waals surface area contributed by atoms with E-state index in [1.807, 2.05) is 13.0 Å². The smallest absolute Gasteiger partial charge is 0.268 e. The Morgan fingerprint density at radius 2 is 2.16 bits per heavy atom. The van der Waals surface area contributed by atoms with E-state index in [4.69, 9.17) is 4.74 Å². The maximum Gasteiger partial charge on any atom is 0.268 e. The number of hydrogen-bond acceptors (Lipinski definition) is 5. The van der Waals surface area contributed by atoms with Gasteiger partial charge in [0.05, 0.1) is 11.3 Å². The van der Waals surface area contributed by atoms with Crippen LogP contribution in [0, 0.1) is 11.3 Å². The lowest BCUT2D eigenvalue weighted by molar-refractivity contribution is -0.908. The van der Waals surface area contributed by atoms with Gasteiger partial charge in [0, 0.05) is 42.8 Å². The first-order valence-corrected chi connectivity index (χ1v) is 8.46. The summed E-state index contributed by atoms with van der Waals surface area (Å²) in [6, 6.07) is 3.89. The lowest BCUT2D eigenvalue weighted by Crippen LogP contribution is -2.44. The van der Waals surface area contributed by atoms with Gasteiger partial charge in [-0.2, -0.15) is 5.26 Å². The van der Waals surface area contributed by atoms with E-state index in [1.165, 1.54) is 6.20 Å². The Hall–Kier alpha value is -2.59. The fraction of sp³-hybridized carbons (Fsp3) is 0.500. The highest BCUT2D eigenvalue weighted by atomic mass is 16.5. The predicted molar refractivity (Wildman–Crippen MR) is 92.9 cm³/mol. The van der Waals surface area contributed by atoms with Crippen LogP contribution in [-0.4, -0.2) is 36.0 Å². The van der Waals surface area contributed by atoms with Crippen LogP contribution in [0.3, 0.4) is 0 Å². The number of anilines is 1. The summed E-state index contributed by atoms with van der Waals surface area (Å²) in [6.45, 7) is 5.42. The molecule has 132 valence electrons. The number of aromatic nitrogens is 2. The molecule has 3 heterocycles. The first-order chi connectivity index (χ1) is 11.9. The van der Waals surface area contributed by atoms with E-state index in [-0.39, 0.29) is 11.2 Å². The van der Waals surface area contributed by atoms with Crippen molar-refractivity contribution in [2.24, 2.45) is 0 Å². The van der Waals surface area contributed by atoms with Crippen LogP contribution in [0.1, 0.15) is 37.9 Å². The molecule has 0 atom stereocenters. The van der Waals surface area contributed by atoms with Gasteiger partial charge in [-0.15, -0.1) is 0 Å². The van der Waals surface area contributed by atoms with Crippen molar-refractivity contribution >= 4 is 16.6 Å². The van der Waals surface area contributed by atoms with E-state index in [9.17, 15) is 15.3 Å². The monoisotopic (exact) mass is 343 g/mol. The van der Waals surface area contributed by atoms with Crippen LogP contribution in [0.4, 0.5) is 5.69 Å². The number of ether oxygens (including phenoxy) is 1. The van der Waals surface area contributed by atoms with Crippen molar-refractivity contribution in [1.82, 2.24) is 4.98 Å². The number of H-pyrrole nitrogens is 1. The molecule has 2 N–H and O–H groups in total. The minimum Gasteiger partial charge on any atom is -0.378 e. The molecular weight excluding hydrogens is 320 g/mol. The quantitative estimate of drug-likeness (QED) is 0.651. The number of nitrogens with zero attached hydrogens (tertiary/aromatic N) is 3. The lowest BCUT2D eigenvalue weighted by Gasteiger charge is -2.39. The molecule has 25 heavy (non-hydrogen) atoms. The number of fused-ring (bicyclic) bond motifs is 1. The molecule has 2 aromatic heterocycles. The number of nitriles is 1. The van der Waals surface area contributed by atoms with E-state index in [2.05, 4.69) is 22.9 Å². The van der Waals surface area contributed by atoms with Crippen LogP contribution in [0.25, 0.3) is 10.9 Å². The van der Waals surface area contributed by atoms with Crippen molar-refractivity contribution in [2.45, 2.75) is 38.7 Å². The first-order valence-electron chi connectivity index (χ1n) is 8.46. The topological polar surface area (TPSA) is 93.2 Å². The Bertz CT molecular complexity index is 905. The zero-order valence-electron chi connectivity index (χ0n) is 14.8. The average molecular weight is 343 g/mol. The molecule has 7 heteroatoms. The lowest BCUT2D eigenvalue weighted by atomic mass is 9.92. The van der Waals surface area contributed by atoms with Crippen LogP contribution in [0.5, 0.6) is 0 Å². The van der Waals surface area contributed by atoms with E-state index in [0.717, 1.165) is 23.0 Å². The second-order valence-corrected chi connectivity index (χ2v) is 6.72. The number of hydrogen-bond donors (Lipinski definition) is 2. The van der Waals surface area contributed by atoms with Crippen LogP contribution in [-0.2, 0) is 11.2 Å². The third kappa shape index (κ3) is 2.94. The normalized spacial score (nSPS) is 16.8. The molecule has 7 nitrogen and oxygen atoms in total. The maximum atomic E-state index is 12.4. The number of pyridine rings is 2. The number of nitrogens with one attached hydrogen (secondary N) is 1. The fourth-order valence-corrected chi connectivity index (χ4v) is 3.41. The third-order valence-corrected chi connectivity index (χ3v) is 5.22. The highest BCUT2D eigenvalue weighted by Crippen LogP contribution is 2.33. The van der Waals surface area contributed by atoms with Crippen molar-refractivity contribution in [3.8, 4) is 6.07 Å². The van der Waals surface area contributed by atoms with Crippen molar-refractivity contribution in [3.63, 3.8) is 0 Å². The summed E-state index contributed by atoms with van der Waals surface area (Å²) in [6.07, 6.45) is 3.75. The predicted octanol–water partition coefficient (Wildman–Crippen LogP) is 1.49. The van der Waals surface area contributed by atoms with Gasteiger partial charge in [-0.05, 0) is 19.8 Å². The van der Waals surface area contributed by atoms with Gasteiger partial charge in [0.1, 0.15) is 17.1 Å². The summed E-state index contributed by atoms with van der Waals surface area (Å²) < 4.78 is 6.61. The van der Waals surface area contributed by atoms with Gasteiger partial charge in [0.15, 0.2) is 0 Å². The number of methoxy groups -OCH3 is 1. The third-order valence-electron chi connectivity index (χ3n) is 5.22. The Morgan fingerprint density at radius 3 is 2.72 bits per heavy atom. The van der Waals surface area contributed by atoms with E-state index >= 15 is 0 Å². The molecule has 3 rings (SSSR count). The van der Waals surface area contributed by atoms with Crippen molar-refractivity contribution in [2.75, 3.05) is 25.1 Å². The van der Waals surface area contributed by atoms with Crippen molar-refractivity contribution in [3.05, 3.63) is 33.9 Å². The molecule has 1 aliphatic heterocycles. The highest BCUT2D eigenvalue weighted by Gasteiger charge is 2.32. The van der Waals surface area contributed by atoms with Crippen LogP contribution < -0.4 is 15.2 Å². The molecular formula is C18H23N4O3+. The molecule has 0 saturated carbocycles. The SMILES string of the molecule is CCc1cc2c(N3CCC(C)(OC)CC3)c(C#N)c(=O)[nH]c2c[n+]1O. The minimum absolute atomic E-state index is 0.117. The Kier molecular flexibility index (Phi) is 4.39. The first kappa shape index (κ1) is 17.2. The molecule has 0 aromatic carbocycles. The zero-order valence-corrected chi connectivity index (χ0v) is 14.8. The summed E-state index contributed by atoms with van der Waals surface area (Å²) in [7, 11) is 1.71. The van der Waals surface area contributed by atoms with Gasteiger partial charge in [0.25, 0.3) is 5.56 Å².